The Balaban J connectivity index is 1.85. The van der Waals surface area contributed by atoms with Crippen molar-refractivity contribution in [3.8, 4) is 0 Å². The van der Waals surface area contributed by atoms with Crippen molar-refractivity contribution in [2.24, 2.45) is 5.92 Å². The predicted molar refractivity (Wildman–Crippen MR) is 63.4 cm³/mol. The molecule has 0 aromatic rings. The Hall–Kier alpha value is -0.620. The number of ether oxygens (including phenoxy) is 1. The minimum Gasteiger partial charge on any atom is -0.381 e. The van der Waals surface area contributed by atoms with Gasteiger partial charge in [0.2, 0.25) is 5.91 Å². The molecule has 2 aliphatic heterocycles. The molecule has 0 spiro atoms. The number of sulfone groups is 1. The monoisotopic (exact) mass is 261 g/mol. The zero-order valence-electron chi connectivity index (χ0n) is 10.1. The maximum atomic E-state index is 12.0. The van der Waals surface area contributed by atoms with Crippen LogP contribution in [-0.4, -0.2) is 56.5 Å². The molecular weight excluding hydrogens is 242 g/mol. The number of nitrogens with zero attached hydrogens (tertiary/aromatic N) is 1. The molecule has 0 aromatic heterocycles. The molecule has 0 unspecified atom stereocenters. The van der Waals surface area contributed by atoms with E-state index in [0.717, 1.165) is 19.4 Å². The minimum absolute atomic E-state index is 0.0611. The molecule has 1 amide bonds. The molecule has 0 N–H and O–H groups in total. The highest BCUT2D eigenvalue weighted by atomic mass is 32.2. The Labute approximate surface area is 102 Å². The molecule has 6 heteroatoms. The van der Waals surface area contributed by atoms with Crippen molar-refractivity contribution in [1.82, 2.24) is 4.90 Å². The molecular formula is C11H19NO4S. The molecule has 2 fully saturated rings. The third-order valence-electron chi connectivity index (χ3n) is 3.58. The maximum absolute atomic E-state index is 12.0. The topological polar surface area (TPSA) is 63.7 Å². The van der Waals surface area contributed by atoms with Crippen molar-refractivity contribution in [2.45, 2.75) is 25.0 Å². The van der Waals surface area contributed by atoms with E-state index < -0.39 is 9.84 Å². The van der Waals surface area contributed by atoms with Gasteiger partial charge in [-0.25, -0.2) is 8.42 Å². The fourth-order valence-corrected chi connectivity index (χ4v) is 3.56. The average Bonchev–Trinajstić information content (AvgIpc) is 2.28. The largest absolute Gasteiger partial charge is 0.381 e. The molecule has 17 heavy (non-hydrogen) atoms. The fraction of sp³-hybridized carbons (Fsp3) is 0.909. The Kier molecular flexibility index (Phi) is 3.73. The van der Waals surface area contributed by atoms with E-state index >= 15 is 0 Å². The van der Waals surface area contributed by atoms with Gasteiger partial charge in [-0.3, -0.25) is 4.79 Å². The van der Waals surface area contributed by atoms with Crippen molar-refractivity contribution >= 4 is 15.7 Å². The number of likely N-dealkylation sites (tertiary alicyclic amines) is 1. The summed E-state index contributed by atoms with van der Waals surface area (Å²) in [4.78, 5) is 13.6. The molecule has 5 nitrogen and oxygen atoms in total. The van der Waals surface area contributed by atoms with E-state index in [2.05, 4.69) is 0 Å². The van der Waals surface area contributed by atoms with E-state index in [9.17, 15) is 13.2 Å². The van der Waals surface area contributed by atoms with E-state index in [-0.39, 0.29) is 22.8 Å². The van der Waals surface area contributed by atoms with Gasteiger partial charge in [0.05, 0.1) is 17.8 Å². The number of carbonyl (C=O) groups is 1. The second-order valence-electron chi connectivity index (χ2n) is 4.73. The van der Waals surface area contributed by atoms with Crippen LogP contribution in [0.2, 0.25) is 0 Å². The lowest BCUT2D eigenvalue weighted by atomic mass is 9.99. The second-order valence-corrected chi connectivity index (χ2v) is 7.30. The smallest absolute Gasteiger partial charge is 0.228 e. The molecule has 2 aliphatic rings. The molecule has 2 heterocycles. The van der Waals surface area contributed by atoms with E-state index in [4.69, 9.17) is 4.74 Å². The highest BCUT2D eigenvalue weighted by Crippen LogP contribution is 2.23. The normalized spacial score (nSPS) is 26.6. The van der Waals surface area contributed by atoms with Crippen LogP contribution < -0.4 is 0 Å². The summed E-state index contributed by atoms with van der Waals surface area (Å²) in [6, 6.07) is 0. The number of rotatable bonds is 3. The van der Waals surface area contributed by atoms with Gasteiger partial charge in [0.15, 0.2) is 9.84 Å². The summed E-state index contributed by atoms with van der Waals surface area (Å²) in [5.74, 6) is 0.160. The maximum Gasteiger partial charge on any atom is 0.228 e. The van der Waals surface area contributed by atoms with Crippen molar-refractivity contribution in [3.63, 3.8) is 0 Å². The highest BCUT2D eigenvalue weighted by molar-refractivity contribution is 7.92. The molecule has 1 atom stereocenters. The summed E-state index contributed by atoms with van der Waals surface area (Å²) in [6.45, 7) is 3.60. The predicted octanol–water partition coefficient (Wildman–Crippen LogP) is 0.0585. The summed E-state index contributed by atoms with van der Waals surface area (Å²) in [5, 5.41) is -0.346. The SMILES string of the molecule is CCS(=O)(=O)C1CN(C(=O)[C@H]2CCCOC2)C1. The minimum atomic E-state index is -2.98. The average molecular weight is 261 g/mol. The van der Waals surface area contributed by atoms with Gasteiger partial charge in [-0.2, -0.15) is 0 Å². The van der Waals surface area contributed by atoms with Crippen molar-refractivity contribution in [2.75, 3.05) is 32.1 Å². The molecule has 0 aliphatic carbocycles. The lowest BCUT2D eigenvalue weighted by Crippen LogP contribution is -2.59. The van der Waals surface area contributed by atoms with Crippen LogP contribution in [0, 0.1) is 5.92 Å². The van der Waals surface area contributed by atoms with Crippen LogP contribution in [0.15, 0.2) is 0 Å². The standard InChI is InChI=1S/C11H19NO4S/c1-2-17(14,15)10-6-12(7-10)11(13)9-4-3-5-16-8-9/h9-10H,2-8H2,1H3/t9-/m0/s1. The molecule has 0 aromatic carbocycles. The summed E-state index contributed by atoms with van der Waals surface area (Å²) in [6.07, 6.45) is 1.78. The van der Waals surface area contributed by atoms with Crippen LogP contribution in [0.3, 0.4) is 0 Å². The zero-order valence-corrected chi connectivity index (χ0v) is 10.9. The van der Waals surface area contributed by atoms with E-state index in [1.54, 1.807) is 11.8 Å². The van der Waals surface area contributed by atoms with Gasteiger partial charge in [0.25, 0.3) is 0 Å². The first-order valence-corrected chi connectivity index (χ1v) is 7.84. The summed E-state index contributed by atoms with van der Waals surface area (Å²) < 4.78 is 28.4. The number of amides is 1. The van der Waals surface area contributed by atoms with E-state index in [1.807, 2.05) is 0 Å². The third kappa shape index (κ3) is 2.63. The summed E-state index contributed by atoms with van der Waals surface area (Å²) >= 11 is 0. The molecule has 2 saturated heterocycles. The van der Waals surface area contributed by atoms with Gasteiger partial charge < -0.3 is 9.64 Å². The Bertz CT molecular complexity index is 380. The van der Waals surface area contributed by atoms with Gasteiger partial charge in [0.1, 0.15) is 0 Å². The molecule has 0 radical (unpaired) electrons. The summed E-state index contributed by atoms with van der Waals surface area (Å²) in [7, 11) is -2.98. The van der Waals surface area contributed by atoms with Crippen molar-refractivity contribution < 1.29 is 17.9 Å². The van der Waals surface area contributed by atoms with E-state index in [1.165, 1.54) is 0 Å². The molecule has 98 valence electrons. The van der Waals surface area contributed by atoms with E-state index in [0.29, 0.717) is 19.7 Å². The van der Waals surface area contributed by atoms with Crippen LogP contribution in [0.4, 0.5) is 0 Å². The van der Waals surface area contributed by atoms with Crippen LogP contribution >= 0.6 is 0 Å². The fourth-order valence-electron chi connectivity index (χ4n) is 2.27. The molecule has 2 rings (SSSR count). The number of hydrogen-bond donors (Lipinski definition) is 0. The Morgan fingerprint density at radius 2 is 2.12 bits per heavy atom. The summed E-state index contributed by atoms with van der Waals surface area (Å²) in [5.41, 5.74) is 0. The first kappa shape index (κ1) is 12.8. The quantitative estimate of drug-likeness (QED) is 0.720. The lowest BCUT2D eigenvalue weighted by Gasteiger charge is -2.40. The number of hydrogen-bond acceptors (Lipinski definition) is 4. The third-order valence-corrected chi connectivity index (χ3v) is 5.70. The molecule has 0 bridgehead atoms. The van der Waals surface area contributed by atoms with Gasteiger partial charge in [-0.1, -0.05) is 6.92 Å². The number of carbonyl (C=O) groups excluding carboxylic acids is 1. The van der Waals surface area contributed by atoms with Gasteiger partial charge in [0, 0.05) is 25.4 Å². The first-order chi connectivity index (χ1) is 8.04. The Morgan fingerprint density at radius 3 is 2.65 bits per heavy atom. The van der Waals surface area contributed by atoms with Gasteiger partial charge in [-0.15, -0.1) is 0 Å². The highest BCUT2D eigenvalue weighted by Gasteiger charge is 2.40. The van der Waals surface area contributed by atoms with Gasteiger partial charge in [-0.05, 0) is 12.8 Å². The van der Waals surface area contributed by atoms with Crippen LogP contribution in [0.1, 0.15) is 19.8 Å². The Morgan fingerprint density at radius 1 is 1.41 bits per heavy atom. The van der Waals surface area contributed by atoms with Crippen LogP contribution in [-0.2, 0) is 19.4 Å². The van der Waals surface area contributed by atoms with Crippen LogP contribution in [0.5, 0.6) is 0 Å². The van der Waals surface area contributed by atoms with Crippen molar-refractivity contribution in [3.05, 3.63) is 0 Å². The van der Waals surface area contributed by atoms with Crippen molar-refractivity contribution in [1.29, 1.82) is 0 Å². The second kappa shape index (κ2) is 4.94. The zero-order chi connectivity index (χ0) is 12.5. The van der Waals surface area contributed by atoms with Gasteiger partial charge >= 0.3 is 0 Å². The lowest BCUT2D eigenvalue weighted by molar-refractivity contribution is -0.143. The van der Waals surface area contributed by atoms with Crippen LogP contribution in [0.25, 0.3) is 0 Å². The molecule has 0 saturated carbocycles. The first-order valence-electron chi connectivity index (χ1n) is 6.12.